The molecule has 3 amide bonds. The monoisotopic (exact) mass is 512 g/mol. The lowest BCUT2D eigenvalue weighted by molar-refractivity contribution is -0.134. The number of hydrogen-bond donors (Lipinski definition) is 4. The van der Waals surface area contributed by atoms with Crippen molar-refractivity contribution in [2.75, 3.05) is 20.6 Å². The second kappa shape index (κ2) is 12.1. The molecular formula is C25H28N4O6S. The summed E-state index contributed by atoms with van der Waals surface area (Å²) in [6.45, 7) is 1.32. The van der Waals surface area contributed by atoms with Gasteiger partial charge in [-0.2, -0.15) is 0 Å². The van der Waals surface area contributed by atoms with Gasteiger partial charge in [-0.25, -0.2) is 14.4 Å². The first-order chi connectivity index (χ1) is 17.1. The number of urea groups is 1. The predicted molar refractivity (Wildman–Crippen MR) is 136 cm³/mol. The number of carbonyl (C=O) groups is 4. The number of nitrogens with one attached hydrogen (secondary N) is 2. The van der Waals surface area contributed by atoms with Gasteiger partial charge >= 0.3 is 18.0 Å². The van der Waals surface area contributed by atoms with Crippen LogP contribution in [0.5, 0.6) is 0 Å². The van der Waals surface area contributed by atoms with Gasteiger partial charge in [-0.05, 0) is 55.2 Å². The van der Waals surface area contributed by atoms with Crippen LogP contribution >= 0.6 is 11.3 Å². The molecule has 2 aromatic heterocycles. The fourth-order valence-electron chi connectivity index (χ4n) is 3.71. The average molecular weight is 513 g/mol. The number of aliphatic carboxylic acids is 2. The molecule has 4 rings (SSSR count). The van der Waals surface area contributed by atoms with Crippen molar-refractivity contribution in [3.63, 3.8) is 0 Å². The van der Waals surface area contributed by atoms with E-state index in [0.29, 0.717) is 25.1 Å². The van der Waals surface area contributed by atoms with Gasteiger partial charge < -0.3 is 25.4 Å². The molecule has 1 fully saturated rings. The summed E-state index contributed by atoms with van der Waals surface area (Å²) in [5.74, 6) is -2.67. The predicted octanol–water partition coefficient (Wildman–Crippen LogP) is 2.71. The third kappa shape index (κ3) is 7.27. The smallest absolute Gasteiger partial charge is 0.328 e. The minimum Gasteiger partial charge on any atom is -0.478 e. The first-order valence-electron chi connectivity index (χ1n) is 11.2. The summed E-state index contributed by atoms with van der Waals surface area (Å²) in [6.07, 6.45) is 4.64. The van der Waals surface area contributed by atoms with Crippen molar-refractivity contribution in [2.24, 2.45) is 0 Å². The lowest BCUT2D eigenvalue weighted by Crippen LogP contribution is -2.32. The van der Waals surface area contributed by atoms with E-state index in [4.69, 9.17) is 10.2 Å². The summed E-state index contributed by atoms with van der Waals surface area (Å²) in [4.78, 5) is 51.9. The number of amides is 3. The lowest BCUT2D eigenvalue weighted by Gasteiger charge is -2.12. The number of fused-ring (bicyclic) bond motifs is 1. The number of thiophene rings is 1. The van der Waals surface area contributed by atoms with Crippen LogP contribution in [-0.2, 0) is 33.8 Å². The van der Waals surface area contributed by atoms with Gasteiger partial charge in [0.1, 0.15) is 6.04 Å². The highest BCUT2D eigenvalue weighted by Crippen LogP contribution is 2.23. The maximum Gasteiger partial charge on any atom is 0.328 e. The molecule has 3 aromatic rings. The van der Waals surface area contributed by atoms with E-state index in [-0.39, 0.29) is 11.9 Å². The van der Waals surface area contributed by atoms with E-state index in [0.717, 1.165) is 28.9 Å². The first kappa shape index (κ1) is 26.6. The largest absolute Gasteiger partial charge is 0.478 e. The van der Waals surface area contributed by atoms with Crippen LogP contribution < -0.4 is 5.32 Å². The first-order valence-corrected chi connectivity index (χ1v) is 12.0. The van der Waals surface area contributed by atoms with Gasteiger partial charge in [0.05, 0.1) is 6.54 Å². The summed E-state index contributed by atoms with van der Waals surface area (Å²) >= 11 is 1.55. The van der Waals surface area contributed by atoms with E-state index in [1.165, 1.54) is 15.8 Å². The highest BCUT2D eigenvalue weighted by Gasteiger charge is 2.37. The SMILES string of the molecule is CN(C)CCc1c[nH]c2ccc(CC3NC(=O)N(Cc4cccs4)C3=O)cc12.O=C(O)/C=C\C(=O)O. The van der Waals surface area contributed by atoms with Crippen molar-refractivity contribution < 1.29 is 29.4 Å². The quantitative estimate of drug-likeness (QED) is 0.255. The Labute approximate surface area is 211 Å². The highest BCUT2D eigenvalue weighted by molar-refractivity contribution is 7.09. The fraction of sp³-hybridized carbons (Fsp3) is 0.280. The van der Waals surface area contributed by atoms with Crippen molar-refractivity contribution in [3.05, 3.63) is 70.1 Å². The Kier molecular flexibility index (Phi) is 8.98. The van der Waals surface area contributed by atoms with Crippen molar-refractivity contribution in [2.45, 2.75) is 25.4 Å². The van der Waals surface area contributed by atoms with Crippen LogP contribution in [0.25, 0.3) is 10.9 Å². The standard InChI is InChI=1S/C21H24N4O2S.C4H4O4/c1-24(2)8-7-15-12-22-18-6-5-14(10-17(15)18)11-19-20(26)25(21(27)23-19)13-16-4-3-9-28-16;5-3(6)1-2-4(7)8/h3-6,9-10,12,19,22H,7-8,11,13H2,1-2H3,(H,23,27);1-2H,(H,5,6)(H,7,8)/b;2-1-. The maximum absolute atomic E-state index is 12.7. The molecule has 1 unspecified atom stereocenters. The molecule has 11 heteroatoms. The normalized spacial score (nSPS) is 15.4. The zero-order chi connectivity index (χ0) is 26.2. The van der Waals surface area contributed by atoms with Crippen LogP contribution in [0, 0.1) is 0 Å². The number of rotatable bonds is 9. The number of carboxylic acid groups (broad SMARTS) is 2. The third-order valence-corrected chi connectivity index (χ3v) is 6.33. The number of nitrogens with zero attached hydrogens (tertiary/aromatic N) is 2. The summed E-state index contributed by atoms with van der Waals surface area (Å²) < 4.78 is 0. The lowest BCUT2D eigenvalue weighted by atomic mass is 10.0. The van der Waals surface area contributed by atoms with Crippen molar-refractivity contribution in [1.82, 2.24) is 20.1 Å². The molecule has 1 aliphatic heterocycles. The number of aromatic amines is 1. The topological polar surface area (TPSA) is 143 Å². The summed E-state index contributed by atoms with van der Waals surface area (Å²) in [6, 6.07) is 9.26. The van der Waals surface area contributed by atoms with E-state index in [2.05, 4.69) is 47.6 Å². The Bertz CT molecular complexity index is 1250. The van der Waals surface area contributed by atoms with E-state index in [1.54, 1.807) is 11.3 Å². The van der Waals surface area contributed by atoms with E-state index < -0.39 is 18.0 Å². The van der Waals surface area contributed by atoms with Crippen LogP contribution in [0.4, 0.5) is 4.79 Å². The summed E-state index contributed by atoms with van der Waals surface area (Å²) in [5, 5.41) is 21.6. The van der Waals surface area contributed by atoms with Crippen LogP contribution in [0.3, 0.4) is 0 Å². The minimum atomic E-state index is -1.26. The van der Waals surface area contributed by atoms with E-state index in [1.807, 2.05) is 23.6 Å². The second-order valence-electron chi connectivity index (χ2n) is 8.47. The molecule has 3 heterocycles. The fourth-order valence-corrected chi connectivity index (χ4v) is 4.40. The second-order valence-corrected chi connectivity index (χ2v) is 9.50. The number of aromatic nitrogens is 1. The molecule has 1 atom stereocenters. The molecule has 4 N–H and O–H groups in total. The molecule has 10 nitrogen and oxygen atoms in total. The minimum absolute atomic E-state index is 0.152. The number of benzene rings is 1. The zero-order valence-corrected chi connectivity index (χ0v) is 20.7. The van der Waals surface area contributed by atoms with Crippen LogP contribution in [0.1, 0.15) is 16.0 Å². The van der Waals surface area contributed by atoms with Gasteiger partial charge in [-0.15, -0.1) is 11.3 Å². The highest BCUT2D eigenvalue weighted by atomic mass is 32.1. The van der Waals surface area contributed by atoms with Crippen LogP contribution in [0.15, 0.2) is 54.1 Å². The van der Waals surface area contributed by atoms with Gasteiger partial charge in [0.25, 0.3) is 5.91 Å². The van der Waals surface area contributed by atoms with Crippen LogP contribution in [0.2, 0.25) is 0 Å². The molecule has 1 aliphatic rings. The molecule has 0 radical (unpaired) electrons. The van der Waals surface area contributed by atoms with Crippen molar-refractivity contribution >= 4 is 46.1 Å². The third-order valence-electron chi connectivity index (χ3n) is 5.47. The molecule has 1 aromatic carbocycles. The van der Waals surface area contributed by atoms with Crippen molar-refractivity contribution in [3.8, 4) is 0 Å². The number of likely N-dealkylation sites (N-methyl/N-ethyl adjacent to an activating group) is 1. The molecule has 36 heavy (non-hydrogen) atoms. The van der Waals surface area contributed by atoms with Gasteiger partial charge in [-0.1, -0.05) is 12.1 Å². The number of carbonyl (C=O) groups excluding carboxylic acids is 2. The van der Waals surface area contributed by atoms with Crippen LogP contribution in [-0.4, -0.2) is 75.6 Å². The summed E-state index contributed by atoms with van der Waals surface area (Å²) in [7, 11) is 4.13. The van der Waals surface area contributed by atoms with Crippen molar-refractivity contribution in [1.29, 1.82) is 0 Å². The Morgan fingerprint density at radius 2 is 1.86 bits per heavy atom. The number of carboxylic acids is 2. The Morgan fingerprint density at radius 3 is 2.47 bits per heavy atom. The van der Waals surface area contributed by atoms with Gasteiger partial charge in [0.15, 0.2) is 0 Å². The van der Waals surface area contributed by atoms with Gasteiger partial charge in [0, 0.05) is 47.1 Å². The number of imide groups is 1. The molecular weight excluding hydrogens is 484 g/mol. The maximum atomic E-state index is 12.7. The molecule has 0 bridgehead atoms. The molecule has 190 valence electrons. The number of H-pyrrole nitrogens is 1. The molecule has 0 aliphatic carbocycles. The Morgan fingerprint density at radius 1 is 1.14 bits per heavy atom. The van der Waals surface area contributed by atoms with E-state index >= 15 is 0 Å². The van der Waals surface area contributed by atoms with Gasteiger partial charge in [-0.3, -0.25) is 9.69 Å². The Hall–Kier alpha value is -3.96. The Balaban J connectivity index is 0.000000392. The number of hydrogen-bond acceptors (Lipinski definition) is 6. The van der Waals surface area contributed by atoms with E-state index in [9.17, 15) is 19.2 Å². The molecule has 0 spiro atoms. The zero-order valence-electron chi connectivity index (χ0n) is 19.9. The van der Waals surface area contributed by atoms with Gasteiger partial charge in [0.2, 0.25) is 0 Å². The molecule has 0 saturated carbocycles. The average Bonchev–Trinajstić information content (AvgIpc) is 3.54. The molecule has 1 saturated heterocycles. The summed E-state index contributed by atoms with van der Waals surface area (Å²) in [5.41, 5.74) is 3.42.